The first-order valence-electron chi connectivity index (χ1n) is 8.13. The van der Waals surface area contributed by atoms with Gasteiger partial charge >= 0.3 is 0 Å². The van der Waals surface area contributed by atoms with E-state index in [1.165, 1.54) is 0 Å². The van der Waals surface area contributed by atoms with E-state index in [0.29, 0.717) is 0 Å². The van der Waals surface area contributed by atoms with E-state index in [9.17, 15) is 0 Å². The van der Waals surface area contributed by atoms with E-state index in [0.717, 1.165) is 68.5 Å². The Bertz CT molecular complexity index is 464. The molecule has 1 N–H and O–H groups in total. The highest BCUT2D eigenvalue weighted by Gasteiger charge is 2.20. The van der Waals surface area contributed by atoms with Crippen molar-refractivity contribution in [3.8, 4) is 0 Å². The number of hydrogen-bond donors (Lipinski definition) is 1. The molecule has 0 radical (unpaired) electrons. The third-order valence-electron chi connectivity index (χ3n) is 3.74. The fraction of sp³-hybridized carbons (Fsp3) is 0.750. The summed E-state index contributed by atoms with van der Waals surface area (Å²) in [5, 5.41) is 3.37. The molecule has 0 aromatic carbocycles. The summed E-state index contributed by atoms with van der Waals surface area (Å²) in [5.74, 6) is 2.98. The Morgan fingerprint density at radius 3 is 2.86 bits per heavy atom. The first-order chi connectivity index (χ1) is 10.2. The Labute approximate surface area is 128 Å². The highest BCUT2D eigenvalue weighted by molar-refractivity contribution is 5.58. The molecule has 1 saturated heterocycles. The minimum Gasteiger partial charge on any atom is -0.377 e. The molecular formula is C16H28N4O. The molecular weight excluding hydrogens is 264 g/mol. The third-order valence-corrected chi connectivity index (χ3v) is 3.74. The zero-order valence-corrected chi connectivity index (χ0v) is 13.8. The number of aryl methyl sites for hydroxylation is 1. The SMILES string of the molecule is CCCc1nc(NCC)c(C)c(N2CCCOC(C)C2)n1. The van der Waals surface area contributed by atoms with E-state index in [-0.39, 0.29) is 6.10 Å². The lowest BCUT2D eigenvalue weighted by atomic mass is 10.2. The summed E-state index contributed by atoms with van der Waals surface area (Å²) >= 11 is 0. The minimum atomic E-state index is 0.249. The molecule has 1 aromatic rings. The van der Waals surface area contributed by atoms with Gasteiger partial charge in [-0.15, -0.1) is 0 Å². The summed E-state index contributed by atoms with van der Waals surface area (Å²) < 4.78 is 5.75. The van der Waals surface area contributed by atoms with Gasteiger partial charge in [-0.2, -0.15) is 0 Å². The Morgan fingerprint density at radius 1 is 1.33 bits per heavy atom. The molecule has 118 valence electrons. The molecule has 1 aromatic heterocycles. The molecule has 0 aliphatic carbocycles. The van der Waals surface area contributed by atoms with Crippen molar-refractivity contribution in [2.24, 2.45) is 0 Å². The number of hydrogen-bond acceptors (Lipinski definition) is 5. The second-order valence-electron chi connectivity index (χ2n) is 5.70. The topological polar surface area (TPSA) is 50.3 Å². The summed E-state index contributed by atoms with van der Waals surface area (Å²) in [4.78, 5) is 11.8. The first kappa shape index (κ1) is 16.0. The van der Waals surface area contributed by atoms with Crippen LogP contribution >= 0.6 is 0 Å². The van der Waals surface area contributed by atoms with Gasteiger partial charge < -0.3 is 15.0 Å². The molecule has 1 atom stereocenters. The second kappa shape index (κ2) is 7.59. The summed E-state index contributed by atoms with van der Waals surface area (Å²) in [7, 11) is 0. The van der Waals surface area contributed by atoms with Crippen molar-refractivity contribution in [1.29, 1.82) is 0 Å². The molecule has 2 heterocycles. The van der Waals surface area contributed by atoms with Crippen molar-refractivity contribution in [1.82, 2.24) is 9.97 Å². The van der Waals surface area contributed by atoms with Gasteiger partial charge in [0.2, 0.25) is 0 Å². The molecule has 5 heteroatoms. The summed E-state index contributed by atoms with van der Waals surface area (Å²) in [5.41, 5.74) is 1.14. The van der Waals surface area contributed by atoms with Crippen molar-refractivity contribution in [2.45, 2.75) is 53.1 Å². The minimum absolute atomic E-state index is 0.249. The Balaban J connectivity index is 2.34. The van der Waals surface area contributed by atoms with Crippen LogP contribution in [0.25, 0.3) is 0 Å². The van der Waals surface area contributed by atoms with Crippen LogP contribution in [0.3, 0.4) is 0 Å². The highest BCUT2D eigenvalue weighted by Crippen LogP contribution is 2.25. The second-order valence-corrected chi connectivity index (χ2v) is 5.70. The van der Waals surface area contributed by atoms with Crippen LogP contribution in [-0.4, -0.2) is 42.3 Å². The van der Waals surface area contributed by atoms with Crippen molar-refractivity contribution in [2.75, 3.05) is 36.5 Å². The van der Waals surface area contributed by atoms with E-state index >= 15 is 0 Å². The average molecular weight is 292 g/mol. The van der Waals surface area contributed by atoms with Crippen LogP contribution in [0.1, 0.15) is 45.0 Å². The van der Waals surface area contributed by atoms with Gasteiger partial charge in [0.25, 0.3) is 0 Å². The van der Waals surface area contributed by atoms with Crippen LogP contribution in [0.15, 0.2) is 0 Å². The average Bonchev–Trinajstić information content (AvgIpc) is 2.67. The van der Waals surface area contributed by atoms with Crippen molar-refractivity contribution < 1.29 is 4.74 Å². The summed E-state index contributed by atoms with van der Waals surface area (Å²) in [6.45, 7) is 12.1. The van der Waals surface area contributed by atoms with E-state index in [4.69, 9.17) is 9.72 Å². The van der Waals surface area contributed by atoms with Gasteiger partial charge in [-0.05, 0) is 33.6 Å². The number of nitrogens with zero attached hydrogens (tertiary/aromatic N) is 3. The molecule has 2 rings (SSSR count). The number of anilines is 2. The van der Waals surface area contributed by atoms with Crippen LogP contribution in [0.2, 0.25) is 0 Å². The normalized spacial score (nSPS) is 19.4. The van der Waals surface area contributed by atoms with Gasteiger partial charge in [0.1, 0.15) is 17.5 Å². The molecule has 5 nitrogen and oxygen atoms in total. The highest BCUT2D eigenvalue weighted by atomic mass is 16.5. The fourth-order valence-corrected chi connectivity index (χ4v) is 2.72. The largest absolute Gasteiger partial charge is 0.377 e. The van der Waals surface area contributed by atoms with Crippen LogP contribution < -0.4 is 10.2 Å². The monoisotopic (exact) mass is 292 g/mol. The zero-order chi connectivity index (χ0) is 15.2. The van der Waals surface area contributed by atoms with E-state index in [1.54, 1.807) is 0 Å². The maximum Gasteiger partial charge on any atom is 0.137 e. The molecule has 1 aliphatic rings. The van der Waals surface area contributed by atoms with E-state index < -0.39 is 0 Å². The van der Waals surface area contributed by atoms with Gasteiger partial charge in [-0.3, -0.25) is 0 Å². The molecule has 0 bridgehead atoms. The van der Waals surface area contributed by atoms with Crippen molar-refractivity contribution in [3.05, 3.63) is 11.4 Å². The van der Waals surface area contributed by atoms with E-state index in [1.807, 2.05) is 0 Å². The molecule has 0 amide bonds. The quantitative estimate of drug-likeness (QED) is 0.904. The number of rotatable bonds is 5. The number of nitrogens with one attached hydrogen (secondary N) is 1. The van der Waals surface area contributed by atoms with Crippen molar-refractivity contribution in [3.63, 3.8) is 0 Å². The maximum atomic E-state index is 5.75. The van der Waals surface area contributed by atoms with Gasteiger partial charge in [-0.1, -0.05) is 6.92 Å². The Morgan fingerprint density at radius 2 is 2.14 bits per heavy atom. The zero-order valence-electron chi connectivity index (χ0n) is 13.8. The van der Waals surface area contributed by atoms with Crippen LogP contribution in [0, 0.1) is 6.92 Å². The molecule has 0 spiro atoms. The fourth-order valence-electron chi connectivity index (χ4n) is 2.72. The van der Waals surface area contributed by atoms with E-state index in [2.05, 4.69) is 42.9 Å². The number of ether oxygens (including phenoxy) is 1. The maximum absolute atomic E-state index is 5.75. The predicted molar refractivity (Wildman–Crippen MR) is 87.2 cm³/mol. The Kier molecular flexibility index (Phi) is 5.79. The van der Waals surface area contributed by atoms with Gasteiger partial charge in [-0.25, -0.2) is 9.97 Å². The molecule has 0 saturated carbocycles. The Hall–Kier alpha value is -1.36. The lowest BCUT2D eigenvalue weighted by Crippen LogP contribution is -2.32. The van der Waals surface area contributed by atoms with Crippen LogP contribution in [-0.2, 0) is 11.2 Å². The lowest BCUT2D eigenvalue weighted by molar-refractivity contribution is 0.0820. The van der Waals surface area contributed by atoms with Gasteiger partial charge in [0, 0.05) is 38.2 Å². The lowest BCUT2D eigenvalue weighted by Gasteiger charge is -2.26. The molecule has 21 heavy (non-hydrogen) atoms. The molecule has 1 unspecified atom stereocenters. The smallest absolute Gasteiger partial charge is 0.137 e. The number of aromatic nitrogens is 2. The standard InChI is InChI=1S/C16H28N4O/c1-5-8-14-18-15(17-6-2)13(4)16(19-14)20-9-7-10-21-12(3)11-20/h12H,5-11H2,1-4H3,(H,17,18,19). The molecule has 1 fully saturated rings. The third kappa shape index (κ3) is 4.06. The van der Waals surface area contributed by atoms with Gasteiger partial charge in [0.15, 0.2) is 0 Å². The van der Waals surface area contributed by atoms with Crippen LogP contribution in [0.5, 0.6) is 0 Å². The predicted octanol–water partition coefficient (Wildman–Crippen LogP) is 2.78. The van der Waals surface area contributed by atoms with Crippen LogP contribution in [0.4, 0.5) is 11.6 Å². The van der Waals surface area contributed by atoms with Gasteiger partial charge in [0.05, 0.1) is 6.10 Å². The van der Waals surface area contributed by atoms with Crippen molar-refractivity contribution >= 4 is 11.6 Å². The summed E-state index contributed by atoms with van der Waals surface area (Å²) in [6.07, 6.45) is 3.28. The first-order valence-corrected chi connectivity index (χ1v) is 8.13. The summed E-state index contributed by atoms with van der Waals surface area (Å²) in [6, 6.07) is 0. The molecule has 1 aliphatic heterocycles.